The van der Waals surface area contributed by atoms with Crippen molar-refractivity contribution < 1.29 is 5.11 Å². The summed E-state index contributed by atoms with van der Waals surface area (Å²) in [6, 6.07) is 0. The zero-order valence-electron chi connectivity index (χ0n) is 9.38. The van der Waals surface area contributed by atoms with Crippen LogP contribution in [0.3, 0.4) is 0 Å². The summed E-state index contributed by atoms with van der Waals surface area (Å²) in [4.78, 5) is 2.47. The van der Waals surface area contributed by atoms with Crippen molar-refractivity contribution in [1.29, 1.82) is 0 Å². The van der Waals surface area contributed by atoms with E-state index in [1.54, 1.807) is 0 Å². The molecule has 0 aromatic heterocycles. The normalized spacial score (nSPS) is 29.5. The van der Waals surface area contributed by atoms with Gasteiger partial charge in [0.15, 0.2) is 0 Å². The van der Waals surface area contributed by atoms with Crippen LogP contribution in [0.15, 0.2) is 0 Å². The average molecular weight is 185 g/mol. The molecular weight excluding hydrogens is 162 g/mol. The summed E-state index contributed by atoms with van der Waals surface area (Å²) in [5.41, 5.74) is 0.0765. The van der Waals surface area contributed by atoms with Crippen LogP contribution in [0.2, 0.25) is 0 Å². The molecule has 1 atom stereocenters. The molecule has 1 saturated heterocycles. The van der Waals surface area contributed by atoms with Gasteiger partial charge in [0.05, 0.1) is 6.10 Å². The SMILES string of the molecule is CC(C)CN1CCC(O)C(C)(C)C1. The molecule has 0 spiro atoms. The van der Waals surface area contributed by atoms with Crippen LogP contribution in [0.4, 0.5) is 0 Å². The van der Waals surface area contributed by atoms with Crippen molar-refractivity contribution >= 4 is 0 Å². The van der Waals surface area contributed by atoms with Crippen LogP contribution in [0.1, 0.15) is 34.1 Å². The van der Waals surface area contributed by atoms with Crippen LogP contribution >= 0.6 is 0 Å². The van der Waals surface area contributed by atoms with Crippen LogP contribution in [-0.2, 0) is 0 Å². The first-order chi connectivity index (χ1) is 5.92. The molecule has 1 fully saturated rings. The lowest BCUT2D eigenvalue weighted by molar-refractivity contribution is -0.0273. The minimum Gasteiger partial charge on any atom is -0.392 e. The Balaban J connectivity index is 2.46. The first-order valence-corrected chi connectivity index (χ1v) is 5.32. The van der Waals surface area contributed by atoms with Crippen molar-refractivity contribution in [1.82, 2.24) is 4.90 Å². The lowest BCUT2D eigenvalue weighted by Gasteiger charge is -2.42. The van der Waals surface area contributed by atoms with Crippen molar-refractivity contribution in [3.63, 3.8) is 0 Å². The Kier molecular flexibility index (Phi) is 3.36. The molecule has 0 amide bonds. The van der Waals surface area contributed by atoms with E-state index < -0.39 is 0 Å². The molecule has 1 unspecified atom stereocenters. The Hall–Kier alpha value is -0.0800. The van der Waals surface area contributed by atoms with Crippen LogP contribution in [-0.4, -0.2) is 35.7 Å². The van der Waals surface area contributed by atoms with Gasteiger partial charge in [0, 0.05) is 25.0 Å². The second-order valence-corrected chi connectivity index (χ2v) is 5.42. The molecule has 0 saturated carbocycles. The van der Waals surface area contributed by atoms with Crippen LogP contribution in [0.25, 0.3) is 0 Å². The fraction of sp³-hybridized carbons (Fsp3) is 1.00. The molecule has 1 heterocycles. The second kappa shape index (κ2) is 3.97. The topological polar surface area (TPSA) is 23.5 Å². The molecule has 0 aromatic carbocycles. The zero-order chi connectivity index (χ0) is 10.1. The minimum absolute atomic E-state index is 0.0765. The Morgan fingerprint density at radius 3 is 2.54 bits per heavy atom. The summed E-state index contributed by atoms with van der Waals surface area (Å²) in [5, 5.41) is 9.76. The number of aliphatic hydroxyl groups is 1. The van der Waals surface area contributed by atoms with Crippen molar-refractivity contribution in [3.05, 3.63) is 0 Å². The molecular formula is C11H23NO. The number of hydrogen-bond donors (Lipinski definition) is 1. The third-order valence-corrected chi connectivity index (χ3v) is 2.88. The number of likely N-dealkylation sites (tertiary alicyclic amines) is 1. The smallest absolute Gasteiger partial charge is 0.0615 e. The predicted molar refractivity (Wildman–Crippen MR) is 55.7 cm³/mol. The van der Waals surface area contributed by atoms with Crippen molar-refractivity contribution in [2.24, 2.45) is 11.3 Å². The monoisotopic (exact) mass is 185 g/mol. The van der Waals surface area contributed by atoms with Gasteiger partial charge in [-0.15, -0.1) is 0 Å². The van der Waals surface area contributed by atoms with Gasteiger partial charge in [0.2, 0.25) is 0 Å². The van der Waals surface area contributed by atoms with Gasteiger partial charge in [-0.05, 0) is 12.3 Å². The first kappa shape index (κ1) is 11.0. The summed E-state index contributed by atoms with van der Waals surface area (Å²) in [5.74, 6) is 0.728. The van der Waals surface area contributed by atoms with E-state index in [-0.39, 0.29) is 11.5 Å². The number of aliphatic hydroxyl groups excluding tert-OH is 1. The fourth-order valence-electron chi connectivity index (χ4n) is 2.13. The molecule has 0 aliphatic carbocycles. The van der Waals surface area contributed by atoms with Gasteiger partial charge < -0.3 is 10.0 Å². The summed E-state index contributed by atoms with van der Waals surface area (Å²) >= 11 is 0. The Morgan fingerprint density at radius 2 is 2.08 bits per heavy atom. The van der Waals surface area contributed by atoms with E-state index in [9.17, 15) is 5.11 Å². The van der Waals surface area contributed by atoms with Gasteiger partial charge >= 0.3 is 0 Å². The summed E-state index contributed by atoms with van der Waals surface area (Å²) in [7, 11) is 0. The molecule has 0 bridgehead atoms. The van der Waals surface area contributed by atoms with Crippen LogP contribution < -0.4 is 0 Å². The van der Waals surface area contributed by atoms with Gasteiger partial charge in [-0.3, -0.25) is 0 Å². The van der Waals surface area contributed by atoms with Gasteiger partial charge in [-0.2, -0.15) is 0 Å². The van der Waals surface area contributed by atoms with E-state index in [1.807, 2.05) is 0 Å². The van der Waals surface area contributed by atoms with E-state index >= 15 is 0 Å². The summed E-state index contributed by atoms with van der Waals surface area (Å²) < 4.78 is 0. The number of rotatable bonds is 2. The Morgan fingerprint density at radius 1 is 1.46 bits per heavy atom. The molecule has 1 N–H and O–H groups in total. The number of nitrogens with zero attached hydrogens (tertiary/aromatic N) is 1. The van der Waals surface area contributed by atoms with Gasteiger partial charge in [-0.1, -0.05) is 27.7 Å². The highest BCUT2D eigenvalue weighted by molar-refractivity contribution is 4.86. The highest BCUT2D eigenvalue weighted by Crippen LogP contribution is 2.29. The highest BCUT2D eigenvalue weighted by Gasteiger charge is 2.34. The molecule has 0 radical (unpaired) electrons. The fourth-order valence-corrected chi connectivity index (χ4v) is 2.13. The summed E-state index contributed by atoms with van der Waals surface area (Å²) in [6.07, 6.45) is 0.815. The van der Waals surface area contributed by atoms with E-state index in [4.69, 9.17) is 0 Å². The molecule has 1 rings (SSSR count). The largest absolute Gasteiger partial charge is 0.392 e. The first-order valence-electron chi connectivity index (χ1n) is 5.32. The average Bonchev–Trinajstić information content (AvgIpc) is 1.95. The molecule has 13 heavy (non-hydrogen) atoms. The minimum atomic E-state index is -0.115. The molecule has 78 valence electrons. The quantitative estimate of drug-likeness (QED) is 0.708. The molecule has 1 aliphatic heterocycles. The van der Waals surface area contributed by atoms with Crippen molar-refractivity contribution in [3.8, 4) is 0 Å². The summed E-state index contributed by atoms with van der Waals surface area (Å²) in [6.45, 7) is 12.1. The molecule has 2 nitrogen and oxygen atoms in total. The molecule has 0 aromatic rings. The van der Waals surface area contributed by atoms with Crippen LogP contribution in [0, 0.1) is 11.3 Å². The van der Waals surface area contributed by atoms with Crippen molar-refractivity contribution in [2.75, 3.05) is 19.6 Å². The standard InChI is InChI=1S/C11H23NO/c1-9(2)7-12-6-5-10(13)11(3,4)8-12/h9-10,13H,5-8H2,1-4H3. The molecule has 1 aliphatic rings. The third-order valence-electron chi connectivity index (χ3n) is 2.88. The van der Waals surface area contributed by atoms with E-state index in [2.05, 4.69) is 32.6 Å². The molecule has 2 heteroatoms. The van der Waals surface area contributed by atoms with Crippen LogP contribution in [0.5, 0.6) is 0 Å². The lowest BCUT2D eigenvalue weighted by atomic mass is 9.81. The van der Waals surface area contributed by atoms with Gasteiger partial charge in [0.25, 0.3) is 0 Å². The van der Waals surface area contributed by atoms with E-state index in [0.29, 0.717) is 0 Å². The number of hydrogen-bond acceptors (Lipinski definition) is 2. The predicted octanol–water partition coefficient (Wildman–Crippen LogP) is 1.74. The number of piperidine rings is 1. The highest BCUT2D eigenvalue weighted by atomic mass is 16.3. The second-order valence-electron chi connectivity index (χ2n) is 5.42. The van der Waals surface area contributed by atoms with Crippen molar-refractivity contribution in [2.45, 2.75) is 40.2 Å². The Labute approximate surface area is 81.9 Å². The maximum atomic E-state index is 9.76. The van der Waals surface area contributed by atoms with Gasteiger partial charge in [0.1, 0.15) is 0 Å². The maximum Gasteiger partial charge on any atom is 0.0615 e. The Bertz CT molecular complexity index is 165. The van der Waals surface area contributed by atoms with E-state index in [0.717, 1.165) is 32.0 Å². The van der Waals surface area contributed by atoms with Gasteiger partial charge in [-0.25, -0.2) is 0 Å². The van der Waals surface area contributed by atoms with E-state index in [1.165, 1.54) is 0 Å². The lowest BCUT2D eigenvalue weighted by Crippen LogP contribution is -2.49. The maximum absolute atomic E-state index is 9.76. The zero-order valence-corrected chi connectivity index (χ0v) is 9.38. The third kappa shape index (κ3) is 2.96.